The molecule has 0 spiro atoms. The van der Waals surface area contributed by atoms with E-state index in [1.165, 1.54) is 0 Å². The van der Waals surface area contributed by atoms with Crippen LogP contribution in [0, 0.1) is 0 Å². The molecular weight excluding hydrogens is 264 g/mol. The summed E-state index contributed by atoms with van der Waals surface area (Å²) in [6, 6.07) is 0. The average Bonchev–Trinajstić information content (AvgIpc) is 0.811. The van der Waals surface area contributed by atoms with Crippen molar-refractivity contribution in [2.75, 3.05) is 0 Å². The van der Waals surface area contributed by atoms with Crippen molar-refractivity contribution in [1.29, 1.82) is 0 Å². The Bertz CT molecular complexity index is 32.6. The molecule has 0 heterocycles. The maximum Gasteiger partial charge on any atom is 0 e. The number of thiocarbonyl (C=S) groups is 1. The Morgan fingerprint density at radius 1 is 1.80 bits per heavy atom. The van der Waals surface area contributed by atoms with E-state index in [0.29, 0.717) is 0 Å². The van der Waals surface area contributed by atoms with Gasteiger partial charge in [0.2, 0.25) is 0 Å². The van der Waals surface area contributed by atoms with Crippen LogP contribution in [-0.4, -0.2) is 5.11 Å². The third kappa shape index (κ3) is 206. The summed E-state index contributed by atoms with van der Waals surface area (Å²) < 4.78 is 0. The third-order valence-electron chi connectivity index (χ3n) is 0. The van der Waals surface area contributed by atoms with Gasteiger partial charge in [0.25, 0.3) is 0 Å². The molecule has 0 atom stereocenters. The fourth-order valence-corrected chi connectivity index (χ4v) is 0. The number of rotatable bonds is 0. The van der Waals surface area contributed by atoms with Crippen molar-refractivity contribution in [3.05, 3.63) is 5.73 Å². The minimum Gasteiger partial charge on any atom is -0.486 e. The van der Waals surface area contributed by atoms with Gasteiger partial charge in [-0.05, 0) is 5.11 Å². The molecule has 4 heteroatoms. The van der Waals surface area contributed by atoms with E-state index in [-0.39, 0.29) is 25.2 Å². The van der Waals surface area contributed by atoms with E-state index in [2.05, 4.69) is 18.0 Å². The van der Waals surface area contributed by atoms with Gasteiger partial charge in [-0.15, -0.1) is 0 Å². The molecule has 5 heavy (non-hydrogen) atoms. The first-order valence-corrected chi connectivity index (χ1v) is 1.15. The summed E-state index contributed by atoms with van der Waals surface area (Å²) in [5, 5.41) is -0.250. The van der Waals surface area contributed by atoms with Crippen LogP contribution in [0.15, 0.2) is 0 Å². The molecule has 0 amide bonds. The second-order valence-corrected chi connectivity index (χ2v) is 0.804. The van der Waals surface area contributed by atoms with E-state index in [1.54, 1.807) is 0 Å². The average molecular weight is 267 g/mol. The van der Waals surface area contributed by atoms with Crippen molar-refractivity contribution in [2.45, 2.75) is 0 Å². The second-order valence-electron chi connectivity index (χ2n) is 0.364. The van der Waals surface area contributed by atoms with Crippen LogP contribution in [0.3, 0.4) is 0 Å². The second kappa shape index (κ2) is 4.34. The van der Waals surface area contributed by atoms with Crippen molar-refractivity contribution < 1.29 is 20.1 Å². The first-order valence-electron chi connectivity index (χ1n) is 0.743. The van der Waals surface area contributed by atoms with Crippen LogP contribution in [0.1, 0.15) is 0 Å². The van der Waals surface area contributed by atoms with Gasteiger partial charge in [-0.25, -0.2) is 0 Å². The molecule has 3 N–H and O–H groups in total. The number of nitrogens with two attached hydrogens (primary N) is 1. The van der Waals surface area contributed by atoms with E-state index >= 15 is 0 Å². The van der Waals surface area contributed by atoms with Gasteiger partial charge < -0.3 is 11.5 Å². The molecule has 33 valence electrons. The van der Waals surface area contributed by atoms with Crippen LogP contribution in [-0.2, 0) is 20.1 Å². The van der Waals surface area contributed by atoms with Gasteiger partial charge in [0.1, 0.15) is 0 Å². The Labute approximate surface area is 49.3 Å². The van der Waals surface area contributed by atoms with Gasteiger partial charge in [-0.3, -0.25) is 0 Å². The zero-order chi connectivity index (χ0) is 3.58. The fourth-order valence-electron chi connectivity index (χ4n) is 0. The van der Waals surface area contributed by atoms with Crippen LogP contribution in [0.4, 0.5) is 0 Å². The summed E-state index contributed by atoms with van der Waals surface area (Å²) in [6.45, 7) is 0. The summed E-state index contributed by atoms with van der Waals surface area (Å²) in [7, 11) is 0. The van der Waals surface area contributed by atoms with Crippen molar-refractivity contribution >= 4 is 17.3 Å². The van der Waals surface area contributed by atoms with Crippen molar-refractivity contribution in [1.82, 2.24) is 0 Å². The quantitative estimate of drug-likeness (QED) is 0.641. The van der Waals surface area contributed by atoms with E-state index < -0.39 is 0 Å². The molecule has 1 radical (unpaired) electrons. The molecule has 0 aromatic rings. The van der Waals surface area contributed by atoms with Crippen molar-refractivity contribution in [3.63, 3.8) is 0 Å². The Hall–Kier alpha value is 0.339. The van der Waals surface area contributed by atoms with E-state index in [0.717, 1.165) is 0 Å². The number of hydrogen-bond acceptors (Lipinski definition) is 1. The minimum atomic E-state index is -0.250. The van der Waals surface area contributed by atoms with Gasteiger partial charge in [0, 0.05) is 20.1 Å². The first-order chi connectivity index (χ1) is 1.73. The third-order valence-corrected chi connectivity index (χ3v) is 0. The maximum atomic E-state index is 6.09. The van der Waals surface area contributed by atoms with Gasteiger partial charge >= 0.3 is 0 Å². The molecule has 0 saturated carbocycles. The van der Waals surface area contributed by atoms with E-state index in [9.17, 15) is 0 Å². The summed E-state index contributed by atoms with van der Waals surface area (Å²) in [6.07, 6.45) is 0. The van der Waals surface area contributed by atoms with Crippen LogP contribution < -0.4 is 5.73 Å². The van der Waals surface area contributed by atoms with Gasteiger partial charge in [-0.1, -0.05) is 12.2 Å². The summed E-state index contributed by atoms with van der Waals surface area (Å²) in [4.78, 5) is 0. The molecule has 0 fully saturated rings. The first kappa shape index (κ1) is 9.02. The molecular formula is CH3IrN2S-. The van der Waals surface area contributed by atoms with Crippen molar-refractivity contribution in [2.24, 2.45) is 5.73 Å². The van der Waals surface area contributed by atoms with E-state index in [4.69, 9.17) is 5.73 Å². The van der Waals surface area contributed by atoms with Gasteiger partial charge in [-0.2, -0.15) is 0 Å². The van der Waals surface area contributed by atoms with Crippen molar-refractivity contribution in [3.8, 4) is 0 Å². The maximum absolute atomic E-state index is 6.09. The number of hydrogen-bond donors (Lipinski definition) is 1. The molecule has 2 nitrogen and oxygen atoms in total. The summed E-state index contributed by atoms with van der Waals surface area (Å²) >= 11 is 3.98. The predicted molar refractivity (Wildman–Crippen MR) is 21.1 cm³/mol. The largest absolute Gasteiger partial charge is 0.486 e. The molecule has 0 unspecified atom stereocenters. The zero-order valence-electron chi connectivity index (χ0n) is 2.32. The normalized spacial score (nSPS) is 4.80. The molecule has 0 aromatic heterocycles. The molecule has 0 aromatic carbocycles. The van der Waals surface area contributed by atoms with Crippen LogP contribution in [0.2, 0.25) is 0 Å². The molecule has 0 rings (SSSR count). The van der Waals surface area contributed by atoms with E-state index in [1.807, 2.05) is 0 Å². The Balaban J connectivity index is 0. The molecule has 0 aliphatic carbocycles. The molecule has 0 aliphatic rings. The number of nitrogens with one attached hydrogen (secondary N) is 1. The predicted octanol–water partition coefficient (Wildman–Crippen LogP) is 0.280. The minimum absolute atomic E-state index is 0. The Kier molecular flexibility index (Phi) is 7.82. The summed E-state index contributed by atoms with van der Waals surface area (Å²) in [5.74, 6) is 0. The SMILES string of the molecule is [Ir].[NH-]C(N)=S. The van der Waals surface area contributed by atoms with Crippen LogP contribution >= 0.6 is 12.2 Å². The van der Waals surface area contributed by atoms with Crippen LogP contribution in [0.25, 0.3) is 5.73 Å². The topological polar surface area (TPSA) is 49.8 Å². The molecule has 0 aliphatic heterocycles. The fraction of sp³-hybridized carbons (Fsp3) is 0. The van der Waals surface area contributed by atoms with Crippen LogP contribution in [0.5, 0.6) is 0 Å². The Morgan fingerprint density at radius 3 is 1.80 bits per heavy atom. The monoisotopic (exact) mass is 268 g/mol. The smallest absolute Gasteiger partial charge is 0 e. The Morgan fingerprint density at radius 2 is 1.80 bits per heavy atom. The van der Waals surface area contributed by atoms with Gasteiger partial charge in [0.15, 0.2) is 0 Å². The summed E-state index contributed by atoms with van der Waals surface area (Å²) in [5.41, 5.74) is 10.6. The van der Waals surface area contributed by atoms with Gasteiger partial charge in [0.05, 0.1) is 0 Å². The zero-order valence-corrected chi connectivity index (χ0v) is 5.53. The molecule has 0 saturated heterocycles. The standard InChI is InChI=1S/CH4N2S.Ir/c2-1(3)4;/h(H4,2,3,4);/p-1. The molecule has 0 bridgehead atoms.